The standard InChI is InChI=1S/C20H25N3O2/c1-25-19-9-5-3-7-17(19)10-12-21-20(24)22-13-15-23-14-11-16-6-2-4-8-18(16)23/h2-9H,10-15H2,1H3,(H2,21,22,24). The Morgan fingerprint density at radius 1 is 1.08 bits per heavy atom. The number of amides is 2. The number of urea groups is 1. The van der Waals surface area contributed by atoms with Crippen LogP contribution in [0, 0.1) is 0 Å². The zero-order valence-electron chi connectivity index (χ0n) is 14.6. The molecule has 2 aromatic rings. The third-order valence-corrected chi connectivity index (χ3v) is 4.52. The molecule has 0 aliphatic carbocycles. The second kappa shape index (κ2) is 8.42. The minimum absolute atomic E-state index is 0.123. The SMILES string of the molecule is COc1ccccc1CCNC(=O)NCCN1CCc2ccccc21. The Morgan fingerprint density at radius 3 is 2.72 bits per heavy atom. The lowest BCUT2D eigenvalue weighted by molar-refractivity contribution is 0.241. The van der Waals surface area contributed by atoms with Crippen LogP contribution in [0.25, 0.3) is 0 Å². The Bertz CT molecular complexity index is 718. The molecule has 0 fully saturated rings. The van der Waals surface area contributed by atoms with Crippen LogP contribution in [0.2, 0.25) is 0 Å². The van der Waals surface area contributed by atoms with Gasteiger partial charge in [0.2, 0.25) is 0 Å². The largest absolute Gasteiger partial charge is 0.496 e. The van der Waals surface area contributed by atoms with E-state index in [1.807, 2.05) is 24.3 Å². The highest BCUT2D eigenvalue weighted by Gasteiger charge is 2.17. The number of hydrogen-bond acceptors (Lipinski definition) is 3. The van der Waals surface area contributed by atoms with E-state index < -0.39 is 0 Å². The number of nitrogens with one attached hydrogen (secondary N) is 2. The van der Waals surface area contributed by atoms with E-state index in [1.165, 1.54) is 11.3 Å². The summed E-state index contributed by atoms with van der Waals surface area (Å²) in [5.41, 5.74) is 3.78. The lowest BCUT2D eigenvalue weighted by Gasteiger charge is -2.19. The number of nitrogens with zero attached hydrogens (tertiary/aromatic N) is 1. The zero-order valence-corrected chi connectivity index (χ0v) is 14.6. The van der Waals surface area contributed by atoms with Crippen LogP contribution < -0.4 is 20.3 Å². The molecule has 5 heteroatoms. The molecule has 0 bridgehead atoms. The van der Waals surface area contributed by atoms with Crippen molar-refractivity contribution in [3.8, 4) is 5.75 Å². The van der Waals surface area contributed by atoms with Crippen molar-refractivity contribution in [3.05, 3.63) is 59.7 Å². The van der Waals surface area contributed by atoms with Crippen LogP contribution in [0.15, 0.2) is 48.5 Å². The number of benzene rings is 2. The smallest absolute Gasteiger partial charge is 0.314 e. The molecule has 0 spiro atoms. The fraction of sp³-hybridized carbons (Fsp3) is 0.350. The molecule has 0 saturated carbocycles. The van der Waals surface area contributed by atoms with Crippen LogP contribution >= 0.6 is 0 Å². The first-order valence-electron chi connectivity index (χ1n) is 8.74. The van der Waals surface area contributed by atoms with E-state index in [1.54, 1.807) is 7.11 Å². The molecule has 1 heterocycles. The van der Waals surface area contributed by atoms with Gasteiger partial charge in [0.25, 0.3) is 0 Å². The highest BCUT2D eigenvalue weighted by atomic mass is 16.5. The number of rotatable bonds is 7. The minimum atomic E-state index is -0.123. The Kier molecular flexibility index (Phi) is 5.77. The number of carbonyl (C=O) groups is 1. The van der Waals surface area contributed by atoms with Gasteiger partial charge < -0.3 is 20.3 Å². The van der Waals surface area contributed by atoms with Crippen molar-refractivity contribution in [2.24, 2.45) is 0 Å². The molecule has 0 saturated heterocycles. The van der Waals surface area contributed by atoms with Gasteiger partial charge in [-0.1, -0.05) is 36.4 Å². The Hall–Kier alpha value is -2.69. The van der Waals surface area contributed by atoms with Gasteiger partial charge in [-0.05, 0) is 36.1 Å². The molecule has 0 radical (unpaired) electrons. The molecule has 1 aliphatic heterocycles. The Morgan fingerprint density at radius 2 is 1.84 bits per heavy atom. The average Bonchev–Trinajstić information content (AvgIpc) is 3.05. The summed E-state index contributed by atoms with van der Waals surface area (Å²) in [5.74, 6) is 0.859. The van der Waals surface area contributed by atoms with Crippen molar-refractivity contribution in [2.75, 3.05) is 38.2 Å². The molecule has 3 rings (SSSR count). The third kappa shape index (κ3) is 4.44. The second-order valence-corrected chi connectivity index (χ2v) is 6.11. The zero-order chi connectivity index (χ0) is 17.5. The Labute approximate surface area is 149 Å². The molecule has 132 valence electrons. The van der Waals surface area contributed by atoms with E-state index in [9.17, 15) is 4.79 Å². The van der Waals surface area contributed by atoms with E-state index in [0.717, 1.165) is 37.2 Å². The number of hydrogen-bond donors (Lipinski definition) is 2. The molecule has 5 nitrogen and oxygen atoms in total. The average molecular weight is 339 g/mol. The summed E-state index contributed by atoms with van der Waals surface area (Å²) < 4.78 is 5.32. The summed E-state index contributed by atoms with van der Waals surface area (Å²) in [6.07, 6.45) is 1.83. The van der Waals surface area contributed by atoms with E-state index in [4.69, 9.17) is 4.74 Å². The van der Waals surface area contributed by atoms with Gasteiger partial charge in [-0.2, -0.15) is 0 Å². The predicted molar refractivity (Wildman–Crippen MR) is 100 cm³/mol. The molecule has 0 unspecified atom stereocenters. The lowest BCUT2D eigenvalue weighted by Crippen LogP contribution is -2.40. The number of fused-ring (bicyclic) bond motifs is 1. The molecule has 2 aromatic carbocycles. The van der Waals surface area contributed by atoms with Gasteiger partial charge in [0.15, 0.2) is 0 Å². The van der Waals surface area contributed by atoms with Gasteiger partial charge in [0.1, 0.15) is 5.75 Å². The molecule has 2 amide bonds. The first-order valence-corrected chi connectivity index (χ1v) is 8.74. The van der Waals surface area contributed by atoms with Crippen molar-refractivity contribution >= 4 is 11.7 Å². The molecule has 0 aromatic heterocycles. The molecule has 25 heavy (non-hydrogen) atoms. The van der Waals surface area contributed by atoms with Crippen LogP contribution in [-0.2, 0) is 12.8 Å². The fourth-order valence-corrected chi connectivity index (χ4v) is 3.23. The maximum Gasteiger partial charge on any atom is 0.314 e. The van der Waals surface area contributed by atoms with Gasteiger partial charge in [0.05, 0.1) is 7.11 Å². The molecular weight excluding hydrogens is 314 g/mol. The summed E-state index contributed by atoms with van der Waals surface area (Å²) in [5, 5.41) is 5.84. The predicted octanol–water partition coefficient (Wildman–Crippen LogP) is 2.60. The van der Waals surface area contributed by atoms with Crippen molar-refractivity contribution in [1.82, 2.24) is 10.6 Å². The fourth-order valence-electron chi connectivity index (χ4n) is 3.23. The number of anilines is 1. The van der Waals surface area contributed by atoms with Crippen molar-refractivity contribution in [3.63, 3.8) is 0 Å². The molecule has 2 N–H and O–H groups in total. The van der Waals surface area contributed by atoms with Crippen molar-refractivity contribution in [2.45, 2.75) is 12.8 Å². The summed E-state index contributed by atoms with van der Waals surface area (Å²) in [6, 6.07) is 16.2. The molecule has 0 atom stereocenters. The molecular formula is C20H25N3O2. The summed E-state index contributed by atoms with van der Waals surface area (Å²) in [7, 11) is 1.66. The number of methoxy groups -OCH3 is 1. The van der Waals surface area contributed by atoms with Crippen LogP contribution in [0.5, 0.6) is 5.75 Å². The van der Waals surface area contributed by atoms with Crippen molar-refractivity contribution < 1.29 is 9.53 Å². The first kappa shape index (κ1) is 17.1. The number of carbonyl (C=O) groups excluding carboxylic acids is 1. The number of ether oxygens (including phenoxy) is 1. The summed E-state index contributed by atoms with van der Waals surface area (Å²) in [4.78, 5) is 14.3. The van der Waals surface area contributed by atoms with E-state index >= 15 is 0 Å². The minimum Gasteiger partial charge on any atom is -0.496 e. The first-order chi connectivity index (χ1) is 12.3. The summed E-state index contributed by atoms with van der Waals surface area (Å²) >= 11 is 0. The highest BCUT2D eigenvalue weighted by Crippen LogP contribution is 2.26. The van der Waals surface area contributed by atoms with E-state index in [-0.39, 0.29) is 6.03 Å². The Balaban J connectivity index is 1.36. The van der Waals surface area contributed by atoms with E-state index in [0.29, 0.717) is 13.1 Å². The van der Waals surface area contributed by atoms with Gasteiger partial charge in [0, 0.05) is 31.9 Å². The van der Waals surface area contributed by atoms with Crippen LogP contribution in [-0.4, -0.2) is 39.3 Å². The van der Waals surface area contributed by atoms with E-state index in [2.05, 4.69) is 39.8 Å². The van der Waals surface area contributed by atoms with Gasteiger partial charge in [-0.15, -0.1) is 0 Å². The van der Waals surface area contributed by atoms with Crippen LogP contribution in [0.1, 0.15) is 11.1 Å². The van der Waals surface area contributed by atoms with Gasteiger partial charge in [-0.25, -0.2) is 4.79 Å². The lowest BCUT2D eigenvalue weighted by atomic mass is 10.1. The van der Waals surface area contributed by atoms with Crippen LogP contribution in [0.3, 0.4) is 0 Å². The third-order valence-electron chi connectivity index (χ3n) is 4.52. The highest BCUT2D eigenvalue weighted by molar-refractivity contribution is 5.73. The second-order valence-electron chi connectivity index (χ2n) is 6.11. The maximum atomic E-state index is 11.9. The quantitative estimate of drug-likeness (QED) is 0.815. The monoisotopic (exact) mass is 339 g/mol. The van der Waals surface area contributed by atoms with Crippen molar-refractivity contribution in [1.29, 1.82) is 0 Å². The van der Waals surface area contributed by atoms with Crippen LogP contribution in [0.4, 0.5) is 10.5 Å². The molecule has 1 aliphatic rings. The summed E-state index contributed by atoms with van der Waals surface area (Å²) in [6.45, 7) is 3.07. The number of para-hydroxylation sites is 2. The van der Waals surface area contributed by atoms with Gasteiger partial charge in [-0.3, -0.25) is 0 Å². The maximum absolute atomic E-state index is 11.9. The normalized spacial score (nSPS) is 12.6. The van der Waals surface area contributed by atoms with Gasteiger partial charge >= 0.3 is 6.03 Å². The topological polar surface area (TPSA) is 53.6 Å².